The zero-order chi connectivity index (χ0) is 11.8. The molecule has 0 spiro atoms. The van der Waals surface area contributed by atoms with Gasteiger partial charge in [-0.2, -0.15) is 0 Å². The lowest BCUT2D eigenvalue weighted by atomic mass is 9.87. The molecule has 0 saturated carbocycles. The molecule has 1 aliphatic carbocycles. The minimum absolute atomic E-state index is 0.342. The summed E-state index contributed by atoms with van der Waals surface area (Å²) in [6, 6.07) is 10.0. The fourth-order valence-electron chi connectivity index (χ4n) is 2.28. The molecule has 1 aromatic carbocycles. The lowest BCUT2D eigenvalue weighted by molar-refractivity contribution is 0.264. The Morgan fingerprint density at radius 2 is 1.62 bits per heavy atom. The molecule has 1 unspecified atom stereocenters. The van der Waals surface area contributed by atoms with Gasteiger partial charge in [-0.3, -0.25) is 0 Å². The quantitative estimate of drug-likeness (QED) is 0.802. The first kappa shape index (κ1) is 11.7. The van der Waals surface area contributed by atoms with Gasteiger partial charge < -0.3 is 5.32 Å². The van der Waals surface area contributed by atoms with Crippen LogP contribution in [0.5, 0.6) is 0 Å². The molecule has 1 N–H and O–H groups in total. The monoisotopic (exact) mass is 217 g/mol. The third-order valence-corrected chi connectivity index (χ3v) is 3.84. The molecular formula is C15H23N. The highest BCUT2D eigenvalue weighted by molar-refractivity contribution is 5.33. The van der Waals surface area contributed by atoms with Crippen molar-refractivity contribution in [1.82, 2.24) is 5.32 Å². The van der Waals surface area contributed by atoms with Crippen LogP contribution < -0.4 is 5.32 Å². The van der Waals surface area contributed by atoms with Crippen molar-refractivity contribution in [2.45, 2.75) is 52.6 Å². The number of rotatable bonds is 2. The fourth-order valence-corrected chi connectivity index (χ4v) is 2.28. The van der Waals surface area contributed by atoms with Gasteiger partial charge in [-0.05, 0) is 36.3 Å². The van der Waals surface area contributed by atoms with Crippen molar-refractivity contribution in [3.05, 3.63) is 35.4 Å². The number of benzene rings is 1. The molecule has 1 heteroatoms. The SMILES string of the molecule is CC(NC1Cc2ccccc2C1)C(C)(C)C. The summed E-state index contributed by atoms with van der Waals surface area (Å²) in [7, 11) is 0. The Balaban J connectivity index is 1.97. The molecule has 0 heterocycles. The van der Waals surface area contributed by atoms with Crippen LogP contribution in [0.1, 0.15) is 38.8 Å². The molecule has 1 aliphatic rings. The van der Waals surface area contributed by atoms with Gasteiger partial charge in [0.1, 0.15) is 0 Å². The van der Waals surface area contributed by atoms with E-state index in [1.165, 1.54) is 24.0 Å². The van der Waals surface area contributed by atoms with Crippen LogP contribution >= 0.6 is 0 Å². The average Bonchev–Trinajstić information content (AvgIpc) is 2.58. The fraction of sp³-hybridized carbons (Fsp3) is 0.600. The first-order chi connectivity index (χ1) is 7.47. The van der Waals surface area contributed by atoms with Crippen LogP contribution in [-0.2, 0) is 12.8 Å². The standard InChI is InChI=1S/C15H23N/c1-11(15(2,3)4)16-14-9-12-7-5-6-8-13(12)10-14/h5-8,11,14,16H,9-10H2,1-4H3. The Labute approximate surface area is 99.3 Å². The molecule has 0 amide bonds. The Kier molecular flexibility index (Phi) is 3.07. The first-order valence-corrected chi connectivity index (χ1v) is 6.29. The zero-order valence-electron chi connectivity index (χ0n) is 10.9. The molecule has 0 bridgehead atoms. The minimum Gasteiger partial charge on any atom is -0.310 e. The first-order valence-electron chi connectivity index (χ1n) is 6.29. The summed E-state index contributed by atoms with van der Waals surface area (Å²) in [5.41, 5.74) is 3.40. The van der Waals surface area contributed by atoms with Gasteiger partial charge in [0.05, 0.1) is 0 Å². The smallest absolute Gasteiger partial charge is 0.0151 e. The summed E-state index contributed by atoms with van der Waals surface area (Å²) >= 11 is 0. The summed E-state index contributed by atoms with van der Waals surface area (Å²) in [6.45, 7) is 9.19. The second-order valence-electron chi connectivity index (χ2n) is 6.13. The maximum atomic E-state index is 3.77. The van der Waals surface area contributed by atoms with Crippen molar-refractivity contribution in [3.8, 4) is 0 Å². The number of hydrogen-bond acceptors (Lipinski definition) is 1. The number of nitrogens with one attached hydrogen (secondary N) is 1. The van der Waals surface area contributed by atoms with Gasteiger partial charge in [-0.1, -0.05) is 45.0 Å². The van der Waals surface area contributed by atoms with Gasteiger partial charge in [-0.25, -0.2) is 0 Å². The molecule has 0 radical (unpaired) electrons. The molecule has 1 aromatic rings. The van der Waals surface area contributed by atoms with Crippen LogP contribution in [0.15, 0.2) is 24.3 Å². The van der Waals surface area contributed by atoms with E-state index in [0.29, 0.717) is 17.5 Å². The molecule has 0 aromatic heterocycles. The molecule has 2 rings (SSSR count). The van der Waals surface area contributed by atoms with Crippen molar-refractivity contribution in [2.75, 3.05) is 0 Å². The summed E-state index contributed by atoms with van der Waals surface area (Å²) < 4.78 is 0. The average molecular weight is 217 g/mol. The van der Waals surface area contributed by atoms with E-state index in [1.54, 1.807) is 0 Å². The molecule has 0 saturated heterocycles. The van der Waals surface area contributed by atoms with Crippen LogP contribution in [0.4, 0.5) is 0 Å². The summed E-state index contributed by atoms with van der Waals surface area (Å²) in [6.07, 6.45) is 2.38. The molecule has 16 heavy (non-hydrogen) atoms. The maximum Gasteiger partial charge on any atom is 0.0151 e. The molecule has 0 fully saturated rings. The Morgan fingerprint density at radius 3 is 2.06 bits per heavy atom. The maximum absolute atomic E-state index is 3.77. The molecule has 0 aliphatic heterocycles. The van der Waals surface area contributed by atoms with Crippen LogP contribution in [-0.4, -0.2) is 12.1 Å². The topological polar surface area (TPSA) is 12.0 Å². The van der Waals surface area contributed by atoms with Gasteiger partial charge in [-0.15, -0.1) is 0 Å². The third-order valence-electron chi connectivity index (χ3n) is 3.84. The van der Waals surface area contributed by atoms with Crippen molar-refractivity contribution in [2.24, 2.45) is 5.41 Å². The van der Waals surface area contributed by atoms with Gasteiger partial charge in [0.2, 0.25) is 0 Å². The van der Waals surface area contributed by atoms with Crippen molar-refractivity contribution in [1.29, 1.82) is 0 Å². The van der Waals surface area contributed by atoms with E-state index >= 15 is 0 Å². The Bertz CT molecular complexity index is 337. The summed E-state index contributed by atoms with van der Waals surface area (Å²) in [5.74, 6) is 0. The zero-order valence-corrected chi connectivity index (χ0v) is 10.9. The van der Waals surface area contributed by atoms with Crippen molar-refractivity contribution >= 4 is 0 Å². The normalized spacial score (nSPS) is 18.5. The Hall–Kier alpha value is -0.820. The van der Waals surface area contributed by atoms with Gasteiger partial charge in [0, 0.05) is 12.1 Å². The minimum atomic E-state index is 0.342. The summed E-state index contributed by atoms with van der Waals surface area (Å²) in [4.78, 5) is 0. The largest absolute Gasteiger partial charge is 0.310 e. The predicted molar refractivity (Wildman–Crippen MR) is 69.7 cm³/mol. The van der Waals surface area contributed by atoms with Crippen molar-refractivity contribution < 1.29 is 0 Å². The summed E-state index contributed by atoms with van der Waals surface area (Å²) in [5, 5.41) is 3.77. The van der Waals surface area contributed by atoms with E-state index in [0.717, 1.165) is 0 Å². The number of fused-ring (bicyclic) bond motifs is 1. The van der Waals surface area contributed by atoms with E-state index in [-0.39, 0.29) is 0 Å². The number of hydrogen-bond donors (Lipinski definition) is 1. The van der Waals surface area contributed by atoms with Crippen LogP contribution in [0, 0.1) is 5.41 Å². The van der Waals surface area contributed by atoms with Gasteiger partial charge in [0.25, 0.3) is 0 Å². The van der Waals surface area contributed by atoms with Crippen LogP contribution in [0.3, 0.4) is 0 Å². The van der Waals surface area contributed by atoms with E-state index in [2.05, 4.69) is 57.3 Å². The lowest BCUT2D eigenvalue weighted by Gasteiger charge is -2.31. The molecule has 1 nitrogen and oxygen atoms in total. The van der Waals surface area contributed by atoms with Crippen LogP contribution in [0.25, 0.3) is 0 Å². The lowest BCUT2D eigenvalue weighted by Crippen LogP contribution is -2.44. The predicted octanol–water partition coefficient (Wildman–Crippen LogP) is 3.18. The third kappa shape index (κ3) is 2.46. The van der Waals surface area contributed by atoms with Gasteiger partial charge >= 0.3 is 0 Å². The highest BCUT2D eigenvalue weighted by Gasteiger charge is 2.26. The van der Waals surface area contributed by atoms with E-state index < -0.39 is 0 Å². The van der Waals surface area contributed by atoms with Crippen molar-refractivity contribution in [3.63, 3.8) is 0 Å². The molecular weight excluding hydrogens is 194 g/mol. The van der Waals surface area contributed by atoms with E-state index in [1.807, 2.05) is 0 Å². The molecule has 88 valence electrons. The Morgan fingerprint density at radius 1 is 1.12 bits per heavy atom. The van der Waals surface area contributed by atoms with E-state index in [9.17, 15) is 0 Å². The van der Waals surface area contributed by atoms with Crippen LogP contribution in [0.2, 0.25) is 0 Å². The highest BCUT2D eigenvalue weighted by Crippen LogP contribution is 2.25. The molecule has 1 atom stereocenters. The highest BCUT2D eigenvalue weighted by atomic mass is 15.0. The van der Waals surface area contributed by atoms with Gasteiger partial charge in [0.15, 0.2) is 0 Å². The second kappa shape index (κ2) is 4.21. The van der Waals surface area contributed by atoms with E-state index in [4.69, 9.17) is 0 Å². The second-order valence-corrected chi connectivity index (χ2v) is 6.13.